The first-order valence-corrected chi connectivity index (χ1v) is 7.57. The Hall–Kier alpha value is -0.810. The normalized spacial score (nSPS) is 24.3. The minimum absolute atomic E-state index is 0.664. The van der Waals surface area contributed by atoms with Gasteiger partial charge in [-0.1, -0.05) is 20.8 Å². The lowest BCUT2D eigenvalue weighted by molar-refractivity contribution is 0.683. The fourth-order valence-corrected chi connectivity index (χ4v) is 3.56. The van der Waals surface area contributed by atoms with E-state index in [9.17, 15) is 0 Å². The van der Waals surface area contributed by atoms with Gasteiger partial charge in [0.2, 0.25) is 0 Å². The molecule has 4 nitrogen and oxygen atoms in total. The molecule has 1 saturated heterocycles. The molecule has 2 unspecified atom stereocenters. The van der Waals surface area contributed by atoms with Gasteiger partial charge >= 0.3 is 0 Å². The summed E-state index contributed by atoms with van der Waals surface area (Å²) in [7, 11) is 0. The van der Waals surface area contributed by atoms with Gasteiger partial charge in [-0.25, -0.2) is 0 Å². The van der Waals surface area contributed by atoms with Crippen LogP contribution < -0.4 is 10.2 Å². The Kier molecular flexibility index (Phi) is 4.83. The van der Waals surface area contributed by atoms with Crippen molar-refractivity contribution < 1.29 is 0 Å². The average Bonchev–Trinajstić information content (AvgIpc) is 2.36. The lowest BCUT2D eigenvalue weighted by Crippen LogP contribution is -2.41. The van der Waals surface area contributed by atoms with E-state index < -0.39 is 0 Å². The SMILES string of the molecule is CCNCc1ccc(N2CC(C)SC(C)C2)nn1. The van der Waals surface area contributed by atoms with Crippen molar-refractivity contribution >= 4 is 17.6 Å². The van der Waals surface area contributed by atoms with Crippen LogP contribution in [0.15, 0.2) is 12.1 Å². The standard InChI is InChI=1S/C13H22N4S/c1-4-14-7-12-5-6-13(16-15-12)17-8-10(2)18-11(3)9-17/h5-6,10-11,14H,4,7-9H2,1-3H3. The quantitative estimate of drug-likeness (QED) is 0.901. The zero-order chi connectivity index (χ0) is 13.0. The van der Waals surface area contributed by atoms with Crippen LogP contribution in [0.1, 0.15) is 26.5 Å². The van der Waals surface area contributed by atoms with Crippen molar-refractivity contribution in [3.8, 4) is 0 Å². The summed E-state index contributed by atoms with van der Waals surface area (Å²) in [4.78, 5) is 2.34. The van der Waals surface area contributed by atoms with Crippen LogP contribution in [0.2, 0.25) is 0 Å². The molecule has 0 saturated carbocycles. The van der Waals surface area contributed by atoms with E-state index in [1.54, 1.807) is 0 Å². The zero-order valence-electron chi connectivity index (χ0n) is 11.4. The lowest BCUT2D eigenvalue weighted by Gasteiger charge is -2.35. The van der Waals surface area contributed by atoms with E-state index in [1.807, 2.05) is 0 Å². The molecule has 1 N–H and O–H groups in total. The number of thioether (sulfide) groups is 1. The molecule has 2 heterocycles. The molecule has 1 aromatic heterocycles. The Morgan fingerprint density at radius 1 is 1.28 bits per heavy atom. The summed E-state index contributed by atoms with van der Waals surface area (Å²) in [5.74, 6) is 1.01. The number of rotatable bonds is 4. The molecule has 18 heavy (non-hydrogen) atoms. The fourth-order valence-electron chi connectivity index (χ4n) is 2.23. The van der Waals surface area contributed by atoms with E-state index in [0.717, 1.165) is 37.7 Å². The molecule has 0 amide bonds. The summed E-state index contributed by atoms with van der Waals surface area (Å²) < 4.78 is 0. The van der Waals surface area contributed by atoms with Gasteiger partial charge in [-0.05, 0) is 18.7 Å². The molecule has 100 valence electrons. The number of anilines is 1. The minimum atomic E-state index is 0.664. The van der Waals surface area contributed by atoms with Gasteiger partial charge in [0.15, 0.2) is 5.82 Å². The molecule has 2 rings (SSSR count). The van der Waals surface area contributed by atoms with E-state index in [-0.39, 0.29) is 0 Å². The molecule has 0 radical (unpaired) electrons. The Morgan fingerprint density at radius 2 is 2.00 bits per heavy atom. The number of nitrogens with zero attached hydrogens (tertiary/aromatic N) is 3. The first-order chi connectivity index (χ1) is 8.69. The van der Waals surface area contributed by atoms with Gasteiger partial charge in [0.05, 0.1) is 5.69 Å². The second kappa shape index (κ2) is 6.38. The van der Waals surface area contributed by atoms with Crippen LogP contribution >= 0.6 is 11.8 Å². The predicted molar refractivity (Wildman–Crippen MR) is 78.1 cm³/mol. The Balaban J connectivity index is 2.00. The highest BCUT2D eigenvalue weighted by Crippen LogP contribution is 2.27. The second-order valence-electron chi connectivity index (χ2n) is 4.83. The van der Waals surface area contributed by atoms with Crippen LogP contribution in [0, 0.1) is 0 Å². The minimum Gasteiger partial charge on any atom is -0.353 e. The predicted octanol–water partition coefficient (Wildman–Crippen LogP) is 1.92. The van der Waals surface area contributed by atoms with Crippen molar-refractivity contribution in [3.05, 3.63) is 17.8 Å². The van der Waals surface area contributed by atoms with Crippen LogP contribution in [0.3, 0.4) is 0 Å². The number of nitrogens with one attached hydrogen (secondary N) is 1. The molecule has 0 bridgehead atoms. The van der Waals surface area contributed by atoms with Gasteiger partial charge in [0.1, 0.15) is 0 Å². The molecule has 0 aromatic carbocycles. The van der Waals surface area contributed by atoms with Crippen LogP contribution in [-0.4, -0.2) is 40.3 Å². The highest BCUT2D eigenvalue weighted by atomic mass is 32.2. The monoisotopic (exact) mass is 266 g/mol. The Bertz CT molecular complexity index is 358. The summed E-state index contributed by atoms with van der Waals surface area (Å²) in [6, 6.07) is 4.16. The fraction of sp³-hybridized carbons (Fsp3) is 0.692. The first kappa shape index (κ1) is 13.6. The first-order valence-electron chi connectivity index (χ1n) is 6.62. The highest BCUT2D eigenvalue weighted by Gasteiger charge is 2.23. The van der Waals surface area contributed by atoms with Gasteiger partial charge < -0.3 is 10.2 Å². The van der Waals surface area contributed by atoms with Crippen molar-refractivity contribution in [3.63, 3.8) is 0 Å². The van der Waals surface area contributed by atoms with E-state index in [0.29, 0.717) is 10.5 Å². The Labute approximate surface area is 114 Å². The maximum absolute atomic E-state index is 4.35. The third-order valence-electron chi connectivity index (χ3n) is 3.01. The summed E-state index contributed by atoms with van der Waals surface area (Å²) in [6.45, 7) is 10.5. The van der Waals surface area contributed by atoms with E-state index in [1.165, 1.54) is 0 Å². The molecular weight excluding hydrogens is 244 g/mol. The van der Waals surface area contributed by atoms with E-state index >= 15 is 0 Å². The second-order valence-corrected chi connectivity index (χ2v) is 6.71. The summed E-state index contributed by atoms with van der Waals surface area (Å²) in [5, 5.41) is 13.2. The molecule has 1 aromatic rings. The molecule has 1 aliphatic rings. The largest absolute Gasteiger partial charge is 0.353 e. The highest BCUT2D eigenvalue weighted by molar-refractivity contribution is 8.00. The third-order valence-corrected chi connectivity index (χ3v) is 4.23. The van der Waals surface area contributed by atoms with Crippen LogP contribution in [0.4, 0.5) is 5.82 Å². The average molecular weight is 266 g/mol. The third kappa shape index (κ3) is 3.59. The molecule has 1 aliphatic heterocycles. The molecule has 1 fully saturated rings. The smallest absolute Gasteiger partial charge is 0.151 e. The summed E-state index contributed by atoms with van der Waals surface area (Å²) >= 11 is 2.05. The van der Waals surface area contributed by atoms with Gasteiger partial charge in [-0.15, -0.1) is 5.10 Å². The van der Waals surface area contributed by atoms with Gasteiger partial charge in [-0.3, -0.25) is 0 Å². The van der Waals surface area contributed by atoms with Crippen LogP contribution in [0.25, 0.3) is 0 Å². The molecular formula is C13H22N4S. The topological polar surface area (TPSA) is 41.0 Å². The lowest BCUT2D eigenvalue weighted by atomic mass is 10.3. The summed E-state index contributed by atoms with van der Waals surface area (Å²) in [5.41, 5.74) is 1.01. The van der Waals surface area contributed by atoms with E-state index in [2.05, 4.69) is 65.1 Å². The van der Waals surface area contributed by atoms with Gasteiger partial charge in [0, 0.05) is 30.1 Å². The summed E-state index contributed by atoms with van der Waals surface area (Å²) in [6.07, 6.45) is 0. The van der Waals surface area contributed by atoms with Gasteiger partial charge in [0.25, 0.3) is 0 Å². The number of hydrogen-bond acceptors (Lipinski definition) is 5. The van der Waals surface area contributed by atoms with Crippen molar-refractivity contribution in [1.82, 2.24) is 15.5 Å². The van der Waals surface area contributed by atoms with Crippen molar-refractivity contribution in [2.75, 3.05) is 24.5 Å². The maximum Gasteiger partial charge on any atom is 0.151 e. The zero-order valence-corrected chi connectivity index (χ0v) is 12.2. The number of hydrogen-bond donors (Lipinski definition) is 1. The van der Waals surface area contributed by atoms with E-state index in [4.69, 9.17) is 0 Å². The van der Waals surface area contributed by atoms with Crippen LogP contribution in [-0.2, 0) is 6.54 Å². The molecule has 2 atom stereocenters. The van der Waals surface area contributed by atoms with Crippen molar-refractivity contribution in [2.45, 2.75) is 37.8 Å². The van der Waals surface area contributed by atoms with Crippen molar-refractivity contribution in [1.29, 1.82) is 0 Å². The number of aromatic nitrogens is 2. The Morgan fingerprint density at radius 3 is 2.56 bits per heavy atom. The molecule has 5 heteroatoms. The van der Waals surface area contributed by atoms with Gasteiger partial charge in [-0.2, -0.15) is 16.9 Å². The molecule has 0 spiro atoms. The van der Waals surface area contributed by atoms with Crippen molar-refractivity contribution in [2.24, 2.45) is 0 Å². The maximum atomic E-state index is 4.35. The molecule has 0 aliphatic carbocycles. The van der Waals surface area contributed by atoms with Crippen LogP contribution in [0.5, 0.6) is 0 Å².